The summed E-state index contributed by atoms with van der Waals surface area (Å²) in [5.74, 6) is -0.0767. The first-order valence-corrected chi connectivity index (χ1v) is 6.18. The maximum Gasteiger partial charge on any atom is 0.295 e. The Kier molecular flexibility index (Phi) is 4.06. The minimum Gasteiger partial charge on any atom is -0.481 e. The van der Waals surface area contributed by atoms with Crippen molar-refractivity contribution in [2.75, 3.05) is 12.4 Å². The molecular formula is C13H15FN4O3. The maximum absolute atomic E-state index is 13.1. The summed E-state index contributed by atoms with van der Waals surface area (Å²) in [4.78, 5) is 10.3. The van der Waals surface area contributed by atoms with Gasteiger partial charge in [-0.2, -0.15) is 5.10 Å². The number of nitro benzene ring substituents is 1. The van der Waals surface area contributed by atoms with Gasteiger partial charge in [-0.1, -0.05) is 0 Å². The van der Waals surface area contributed by atoms with E-state index in [0.717, 1.165) is 17.3 Å². The average molecular weight is 294 g/mol. The number of aromatic nitrogens is 2. The molecule has 112 valence electrons. The zero-order valence-corrected chi connectivity index (χ0v) is 11.9. The highest BCUT2D eigenvalue weighted by molar-refractivity contribution is 5.61. The summed E-state index contributed by atoms with van der Waals surface area (Å²) in [6.45, 7) is 2.11. The van der Waals surface area contributed by atoms with Crippen LogP contribution in [0, 0.1) is 22.9 Å². The SMILES string of the molecule is COc1c(CNc2ccc(F)cc2[N+](=O)[O-])c(C)nn1C. The first-order valence-electron chi connectivity index (χ1n) is 6.18. The molecule has 7 nitrogen and oxygen atoms in total. The van der Waals surface area contributed by atoms with Crippen molar-refractivity contribution in [1.82, 2.24) is 9.78 Å². The summed E-state index contributed by atoms with van der Waals surface area (Å²) in [6, 6.07) is 3.39. The Balaban J connectivity index is 2.27. The molecule has 0 atom stereocenters. The molecule has 0 fully saturated rings. The Morgan fingerprint density at radius 1 is 1.52 bits per heavy atom. The van der Waals surface area contributed by atoms with Crippen molar-refractivity contribution < 1.29 is 14.1 Å². The zero-order chi connectivity index (χ0) is 15.6. The fraction of sp³-hybridized carbons (Fsp3) is 0.308. The summed E-state index contributed by atoms with van der Waals surface area (Å²) in [7, 11) is 3.27. The van der Waals surface area contributed by atoms with E-state index >= 15 is 0 Å². The second-order valence-electron chi connectivity index (χ2n) is 4.47. The van der Waals surface area contributed by atoms with E-state index in [1.807, 2.05) is 6.92 Å². The minimum absolute atomic E-state index is 0.242. The van der Waals surface area contributed by atoms with E-state index in [1.165, 1.54) is 19.2 Å². The van der Waals surface area contributed by atoms with Gasteiger partial charge in [0.25, 0.3) is 5.69 Å². The summed E-state index contributed by atoms with van der Waals surface area (Å²) in [5.41, 5.74) is 1.48. The molecule has 0 aliphatic rings. The van der Waals surface area contributed by atoms with Gasteiger partial charge in [0.05, 0.1) is 29.4 Å². The lowest BCUT2D eigenvalue weighted by Gasteiger charge is -2.08. The van der Waals surface area contributed by atoms with Crippen LogP contribution < -0.4 is 10.1 Å². The van der Waals surface area contributed by atoms with Crippen LogP contribution in [0.4, 0.5) is 15.8 Å². The van der Waals surface area contributed by atoms with Gasteiger partial charge < -0.3 is 10.1 Å². The molecule has 1 N–H and O–H groups in total. The number of ether oxygens (including phenoxy) is 1. The molecule has 2 aromatic rings. The molecule has 0 amide bonds. The first kappa shape index (κ1) is 14.8. The molecule has 21 heavy (non-hydrogen) atoms. The van der Waals surface area contributed by atoms with Crippen molar-refractivity contribution in [3.63, 3.8) is 0 Å². The van der Waals surface area contributed by atoms with Gasteiger partial charge >= 0.3 is 0 Å². The predicted molar refractivity (Wildman–Crippen MR) is 74.9 cm³/mol. The zero-order valence-electron chi connectivity index (χ0n) is 11.9. The quantitative estimate of drug-likeness (QED) is 0.676. The second kappa shape index (κ2) is 5.78. The van der Waals surface area contributed by atoms with Gasteiger partial charge in [0, 0.05) is 13.6 Å². The van der Waals surface area contributed by atoms with Gasteiger partial charge in [0.15, 0.2) is 0 Å². The third kappa shape index (κ3) is 2.93. The van der Waals surface area contributed by atoms with E-state index in [-0.39, 0.29) is 17.9 Å². The maximum atomic E-state index is 13.1. The number of anilines is 1. The largest absolute Gasteiger partial charge is 0.481 e. The number of nitrogens with one attached hydrogen (secondary N) is 1. The Labute approximate surface area is 120 Å². The van der Waals surface area contributed by atoms with Crippen LogP contribution in [0.15, 0.2) is 18.2 Å². The summed E-state index contributed by atoms with van der Waals surface area (Å²) < 4.78 is 19.9. The fourth-order valence-corrected chi connectivity index (χ4v) is 2.13. The molecule has 8 heteroatoms. The van der Waals surface area contributed by atoms with E-state index in [2.05, 4.69) is 10.4 Å². The number of rotatable bonds is 5. The molecule has 0 spiro atoms. The number of aryl methyl sites for hydroxylation is 2. The van der Waals surface area contributed by atoms with Crippen LogP contribution in [-0.4, -0.2) is 21.8 Å². The highest BCUT2D eigenvalue weighted by Crippen LogP contribution is 2.27. The number of halogens is 1. The van der Waals surface area contributed by atoms with E-state index in [0.29, 0.717) is 5.88 Å². The number of nitrogens with zero attached hydrogens (tertiary/aromatic N) is 3. The molecule has 1 aromatic carbocycles. The average Bonchev–Trinajstić information content (AvgIpc) is 2.70. The van der Waals surface area contributed by atoms with Crippen LogP contribution >= 0.6 is 0 Å². The lowest BCUT2D eigenvalue weighted by Crippen LogP contribution is -2.05. The molecule has 0 radical (unpaired) electrons. The molecule has 1 aromatic heterocycles. The van der Waals surface area contributed by atoms with Crippen LogP contribution in [0.25, 0.3) is 0 Å². The monoisotopic (exact) mass is 294 g/mol. The Bertz CT molecular complexity index is 684. The molecule has 0 saturated heterocycles. The van der Waals surface area contributed by atoms with Crippen molar-refractivity contribution in [3.05, 3.63) is 45.4 Å². The van der Waals surface area contributed by atoms with Gasteiger partial charge in [0.1, 0.15) is 11.5 Å². The molecule has 0 saturated carbocycles. The summed E-state index contributed by atoms with van der Waals surface area (Å²) in [6.07, 6.45) is 0. The highest BCUT2D eigenvalue weighted by Gasteiger charge is 2.17. The Morgan fingerprint density at radius 3 is 2.86 bits per heavy atom. The Hall–Kier alpha value is -2.64. The number of methoxy groups -OCH3 is 1. The van der Waals surface area contributed by atoms with Gasteiger partial charge in [0.2, 0.25) is 5.88 Å². The molecule has 0 unspecified atom stereocenters. The topological polar surface area (TPSA) is 82.2 Å². The van der Waals surface area contributed by atoms with E-state index < -0.39 is 10.7 Å². The van der Waals surface area contributed by atoms with E-state index in [4.69, 9.17) is 4.74 Å². The second-order valence-corrected chi connectivity index (χ2v) is 4.47. The lowest BCUT2D eigenvalue weighted by molar-refractivity contribution is -0.384. The molecule has 2 rings (SSSR count). The molecular weight excluding hydrogens is 279 g/mol. The van der Waals surface area contributed by atoms with Crippen LogP contribution in [0.2, 0.25) is 0 Å². The number of benzene rings is 1. The number of nitro groups is 1. The van der Waals surface area contributed by atoms with E-state index in [9.17, 15) is 14.5 Å². The third-order valence-corrected chi connectivity index (χ3v) is 3.09. The van der Waals surface area contributed by atoms with Crippen molar-refractivity contribution in [2.45, 2.75) is 13.5 Å². The first-order chi connectivity index (χ1) is 9.93. The van der Waals surface area contributed by atoms with Crippen molar-refractivity contribution >= 4 is 11.4 Å². The molecule has 1 heterocycles. The number of hydrogen-bond donors (Lipinski definition) is 1. The minimum atomic E-state index is -0.651. The van der Waals surface area contributed by atoms with Crippen LogP contribution in [-0.2, 0) is 13.6 Å². The smallest absolute Gasteiger partial charge is 0.295 e. The van der Waals surface area contributed by atoms with Crippen LogP contribution in [0.5, 0.6) is 5.88 Å². The molecule has 0 aliphatic heterocycles. The Morgan fingerprint density at radius 2 is 2.24 bits per heavy atom. The van der Waals surface area contributed by atoms with Crippen LogP contribution in [0.3, 0.4) is 0 Å². The lowest BCUT2D eigenvalue weighted by atomic mass is 10.2. The third-order valence-electron chi connectivity index (χ3n) is 3.09. The number of hydrogen-bond acceptors (Lipinski definition) is 5. The van der Waals surface area contributed by atoms with Gasteiger partial charge in [-0.25, -0.2) is 9.07 Å². The van der Waals surface area contributed by atoms with Gasteiger partial charge in [-0.3, -0.25) is 10.1 Å². The summed E-state index contributed by atoms with van der Waals surface area (Å²) in [5, 5.41) is 18.1. The normalized spacial score (nSPS) is 10.5. The molecule has 0 bridgehead atoms. The van der Waals surface area contributed by atoms with Crippen molar-refractivity contribution in [3.8, 4) is 5.88 Å². The fourth-order valence-electron chi connectivity index (χ4n) is 2.13. The van der Waals surface area contributed by atoms with Crippen molar-refractivity contribution in [2.24, 2.45) is 7.05 Å². The van der Waals surface area contributed by atoms with Gasteiger partial charge in [-0.15, -0.1) is 0 Å². The predicted octanol–water partition coefficient (Wildman–Crippen LogP) is 2.40. The van der Waals surface area contributed by atoms with Gasteiger partial charge in [-0.05, 0) is 19.1 Å². The van der Waals surface area contributed by atoms with E-state index in [1.54, 1.807) is 11.7 Å². The summed E-state index contributed by atoms with van der Waals surface area (Å²) >= 11 is 0. The molecule has 0 aliphatic carbocycles. The van der Waals surface area contributed by atoms with Crippen molar-refractivity contribution in [1.29, 1.82) is 0 Å². The van der Waals surface area contributed by atoms with Crippen LogP contribution in [0.1, 0.15) is 11.3 Å². The highest BCUT2D eigenvalue weighted by atomic mass is 19.1. The standard InChI is InChI=1S/C13H15FN4O3/c1-8-10(13(21-3)17(2)16-8)7-15-11-5-4-9(14)6-12(11)18(19)20/h4-6,15H,7H2,1-3H3.